The summed E-state index contributed by atoms with van der Waals surface area (Å²) in [5.74, 6) is 0. The zero-order chi connectivity index (χ0) is 41.3. The molecule has 0 heterocycles. The number of unbranched alkanes of at least 4 members (excludes halogenated alkanes) is 17. The van der Waals surface area contributed by atoms with Crippen LogP contribution in [0, 0.1) is 0 Å². The van der Waals surface area contributed by atoms with Crippen LogP contribution in [-0.2, 0) is 27.2 Å². The highest BCUT2D eigenvalue weighted by atomic mass is 35.5. The van der Waals surface area contributed by atoms with E-state index in [0.29, 0.717) is 78.0 Å². The van der Waals surface area contributed by atoms with Crippen molar-refractivity contribution in [3.8, 4) is 0 Å². The molecule has 0 spiro atoms. The molecule has 0 aromatic rings. The Balaban J connectivity index is -0.00000101. The zero-order valence-electron chi connectivity index (χ0n) is 39.3. The van der Waals surface area contributed by atoms with Crippen molar-refractivity contribution in [1.82, 2.24) is 9.80 Å². The summed E-state index contributed by atoms with van der Waals surface area (Å²) in [4.78, 5) is 4.57. The minimum Gasteiger partial charge on any atom is -0.330 e. The van der Waals surface area contributed by atoms with E-state index in [2.05, 4.69) is 23.6 Å². The molecule has 0 rings (SSSR count). The van der Waals surface area contributed by atoms with Gasteiger partial charge in [0.15, 0.2) is 0 Å². The van der Waals surface area contributed by atoms with Gasteiger partial charge in [-0.2, -0.15) is 0 Å². The summed E-state index contributed by atoms with van der Waals surface area (Å²) in [5, 5.41) is 0. The number of hydrogen-bond donors (Lipinski definition) is 4. The van der Waals surface area contributed by atoms with E-state index in [1.165, 1.54) is 77.0 Å². The molecule has 0 saturated carbocycles. The monoisotopic (exact) mass is 1060 g/mol. The summed E-state index contributed by atoms with van der Waals surface area (Å²) in [5.41, 5.74) is 23.1. The Morgan fingerprint density at radius 1 is 0.323 bits per heavy atom. The van der Waals surface area contributed by atoms with Crippen LogP contribution in [0.15, 0.2) is 0 Å². The van der Waals surface area contributed by atoms with Crippen LogP contribution in [-0.4, -0.2) is 114 Å². The van der Waals surface area contributed by atoms with Gasteiger partial charge in [-0.15, -0.1) is 74.4 Å². The van der Waals surface area contributed by atoms with Gasteiger partial charge in [0.1, 0.15) is 0 Å². The minimum absolute atomic E-state index is 0. The molecule has 0 bridgehead atoms. The van der Waals surface area contributed by atoms with E-state index >= 15 is 0 Å². The molecule has 0 saturated heterocycles. The summed E-state index contributed by atoms with van der Waals surface area (Å²) in [6.07, 6.45) is 26.9. The average Bonchev–Trinajstić information content (AvgIpc) is 3.20. The molecule has 20 heteroatoms. The SMILES string of the molecule is CCCCCCCCCCOP(=O)(CCN(CCCN)CCCN)OCCCCCCOP(=O)(CCN(CCCN)CCCN)OCCCCCCCCCC.Cl.Cl.Cl.Cl.Cl.Cl. The summed E-state index contributed by atoms with van der Waals surface area (Å²) < 4.78 is 52.1. The minimum atomic E-state index is -3.25. The van der Waals surface area contributed by atoms with Gasteiger partial charge in [-0.3, -0.25) is 9.13 Å². The van der Waals surface area contributed by atoms with Crippen molar-refractivity contribution in [2.24, 2.45) is 22.9 Å². The molecular weight excluding hydrogens is 959 g/mol. The topological polar surface area (TPSA) is 182 Å². The van der Waals surface area contributed by atoms with Gasteiger partial charge in [0.05, 0.1) is 38.8 Å². The van der Waals surface area contributed by atoms with E-state index in [-0.39, 0.29) is 74.4 Å². The van der Waals surface area contributed by atoms with Crippen LogP contribution in [0.4, 0.5) is 0 Å². The Morgan fingerprint density at radius 2 is 0.532 bits per heavy atom. The lowest BCUT2D eigenvalue weighted by atomic mass is 10.1. The molecule has 0 aliphatic rings. The third kappa shape index (κ3) is 51.2. The van der Waals surface area contributed by atoms with Crippen molar-refractivity contribution in [1.29, 1.82) is 0 Å². The second-order valence-electron chi connectivity index (χ2n) is 15.6. The molecule has 0 aromatic carbocycles. The maximum atomic E-state index is 13.9. The molecule has 12 nitrogen and oxygen atoms in total. The third-order valence-corrected chi connectivity index (χ3v) is 14.1. The number of nitrogens with zero attached hydrogens (tertiary/aromatic N) is 2. The quantitative estimate of drug-likeness (QED) is 0.0335. The van der Waals surface area contributed by atoms with Crippen molar-refractivity contribution >= 4 is 89.6 Å². The molecule has 0 aromatic heterocycles. The summed E-state index contributed by atoms with van der Waals surface area (Å²) >= 11 is 0. The van der Waals surface area contributed by atoms with Gasteiger partial charge in [0, 0.05) is 13.1 Å². The zero-order valence-corrected chi connectivity index (χ0v) is 46.0. The Labute approximate surface area is 419 Å². The smallest absolute Gasteiger partial charge is 0.330 e. The Bertz CT molecular complexity index is 854. The maximum Gasteiger partial charge on any atom is 0.331 e. The predicted molar refractivity (Wildman–Crippen MR) is 283 cm³/mol. The van der Waals surface area contributed by atoms with E-state index in [4.69, 9.17) is 41.0 Å². The van der Waals surface area contributed by atoms with Gasteiger partial charge in [-0.25, -0.2) is 0 Å². The molecule has 2 unspecified atom stereocenters. The Hall–Kier alpha value is 1.80. The Morgan fingerprint density at radius 3 is 0.742 bits per heavy atom. The third-order valence-electron chi connectivity index (χ3n) is 10.3. The van der Waals surface area contributed by atoms with E-state index in [1.807, 2.05) is 0 Å². The van der Waals surface area contributed by atoms with Crippen molar-refractivity contribution in [2.75, 3.05) is 104 Å². The molecular formula is C42H100Cl6N6O6P2. The maximum absolute atomic E-state index is 13.9. The summed E-state index contributed by atoms with van der Waals surface area (Å²) in [7, 11) is -6.49. The fourth-order valence-electron chi connectivity index (χ4n) is 6.64. The molecule has 62 heavy (non-hydrogen) atoms. The van der Waals surface area contributed by atoms with E-state index in [9.17, 15) is 9.13 Å². The number of hydrogen-bond acceptors (Lipinski definition) is 12. The fourth-order valence-corrected chi connectivity index (χ4v) is 9.99. The van der Waals surface area contributed by atoms with E-state index in [0.717, 1.165) is 103 Å². The van der Waals surface area contributed by atoms with Gasteiger partial charge in [-0.05, 0) is 104 Å². The van der Waals surface area contributed by atoms with Crippen LogP contribution < -0.4 is 22.9 Å². The van der Waals surface area contributed by atoms with Crippen LogP contribution in [0.5, 0.6) is 0 Å². The summed E-state index contributed by atoms with van der Waals surface area (Å²) in [6.45, 7) is 13.4. The molecule has 0 aliphatic heterocycles. The number of halogens is 6. The van der Waals surface area contributed by atoms with Crippen molar-refractivity contribution in [2.45, 2.75) is 168 Å². The van der Waals surface area contributed by atoms with Gasteiger partial charge >= 0.3 is 15.2 Å². The highest BCUT2D eigenvalue weighted by molar-refractivity contribution is 7.54. The molecule has 0 aliphatic carbocycles. The van der Waals surface area contributed by atoms with Gasteiger partial charge in [-0.1, -0.05) is 117 Å². The summed E-state index contributed by atoms with van der Waals surface area (Å²) in [6, 6.07) is 0. The first-order chi connectivity index (χ1) is 27.3. The van der Waals surface area contributed by atoms with Crippen LogP contribution in [0.1, 0.15) is 168 Å². The molecule has 386 valence electrons. The molecule has 8 N–H and O–H groups in total. The van der Waals surface area contributed by atoms with Crippen molar-refractivity contribution < 1.29 is 27.2 Å². The van der Waals surface area contributed by atoms with Crippen LogP contribution in [0.3, 0.4) is 0 Å². The van der Waals surface area contributed by atoms with Gasteiger partial charge in [0.2, 0.25) is 0 Å². The fraction of sp³-hybridized carbons (Fsp3) is 1.00. The lowest BCUT2D eigenvalue weighted by Gasteiger charge is -2.25. The highest BCUT2D eigenvalue weighted by Crippen LogP contribution is 2.49. The molecule has 0 fully saturated rings. The lowest BCUT2D eigenvalue weighted by Crippen LogP contribution is -2.31. The predicted octanol–water partition coefficient (Wildman–Crippen LogP) is 11.8. The molecule has 0 radical (unpaired) electrons. The van der Waals surface area contributed by atoms with Crippen molar-refractivity contribution in [3.05, 3.63) is 0 Å². The van der Waals surface area contributed by atoms with E-state index < -0.39 is 15.2 Å². The average molecular weight is 1060 g/mol. The second kappa shape index (κ2) is 58.9. The number of nitrogens with two attached hydrogens (primary N) is 4. The van der Waals surface area contributed by atoms with Gasteiger partial charge in [0.25, 0.3) is 0 Å². The van der Waals surface area contributed by atoms with Crippen LogP contribution in [0.25, 0.3) is 0 Å². The van der Waals surface area contributed by atoms with E-state index in [1.54, 1.807) is 0 Å². The van der Waals surface area contributed by atoms with Crippen LogP contribution >= 0.6 is 89.6 Å². The molecule has 0 amide bonds. The second-order valence-corrected chi connectivity index (χ2v) is 20.0. The highest BCUT2D eigenvalue weighted by Gasteiger charge is 2.27. The normalized spacial score (nSPS) is 12.8. The largest absolute Gasteiger partial charge is 0.331 e. The van der Waals surface area contributed by atoms with Crippen LogP contribution in [0.2, 0.25) is 0 Å². The Kier molecular flexibility index (Phi) is 74.1. The first-order valence-electron chi connectivity index (χ1n) is 23.3. The first kappa shape index (κ1) is 78.0. The number of rotatable bonds is 47. The lowest BCUT2D eigenvalue weighted by molar-refractivity contribution is 0.185. The van der Waals surface area contributed by atoms with Crippen molar-refractivity contribution in [3.63, 3.8) is 0 Å². The first-order valence-corrected chi connectivity index (χ1v) is 26.8. The standard InChI is InChI=1S/C42H94N6O6P2.6ClH/c1-3-5-7-9-11-13-15-19-37-51-55(49,41-35-47(31-23-27-43)32-24-28-44)53-39-21-17-18-22-40-54-56(50,42-36-48(33-25-29-45)34-26-30-46)52-38-20-16-14-12-10-8-6-4-2;;;;;;/h3-46H2,1-2H3;6*1H. The van der Waals surface area contributed by atoms with Gasteiger partial charge < -0.3 is 50.8 Å². The molecule has 2 atom stereocenters.